The van der Waals surface area contributed by atoms with E-state index < -0.39 is 5.97 Å². The molecule has 0 amide bonds. The van der Waals surface area contributed by atoms with Crippen LogP contribution in [0.2, 0.25) is 0 Å². The van der Waals surface area contributed by atoms with Crippen molar-refractivity contribution in [2.24, 2.45) is 0 Å². The van der Waals surface area contributed by atoms with Gasteiger partial charge in [-0.2, -0.15) is 5.10 Å². The van der Waals surface area contributed by atoms with Crippen LogP contribution in [0.1, 0.15) is 27.2 Å². The van der Waals surface area contributed by atoms with E-state index in [1.165, 1.54) is 0 Å². The Morgan fingerprint density at radius 2 is 1.59 bits per heavy atom. The van der Waals surface area contributed by atoms with Gasteiger partial charge in [0.2, 0.25) is 0 Å². The third-order valence-electron chi connectivity index (χ3n) is 5.78. The number of rotatable bonds is 6. The second-order valence-electron chi connectivity index (χ2n) is 8.23. The molecule has 1 N–H and O–H groups in total. The smallest absolute Gasteiger partial charge is 0.336 e. The largest absolute Gasteiger partial charge is 0.478 e. The average Bonchev–Trinajstić information content (AvgIpc) is 3.15. The van der Waals surface area contributed by atoms with E-state index in [1.54, 1.807) is 10.7 Å². The van der Waals surface area contributed by atoms with Gasteiger partial charge in [-0.25, -0.2) is 9.78 Å². The average molecular weight is 450 g/mol. The first-order valence-corrected chi connectivity index (χ1v) is 11.0. The molecule has 6 nitrogen and oxygen atoms in total. The van der Waals surface area contributed by atoms with Gasteiger partial charge in [-0.05, 0) is 49.7 Å². The molecule has 34 heavy (non-hydrogen) atoms. The van der Waals surface area contributed by atoms with Crippen molar-refractivity contribution in [3.63, 3.8) is 0 Å². The molecule has 5 rings (SSSR count). The summed E-state index contributed by atoms with van der Waals surface area (Å²) in [6.45, 7) is 4.38. The molecule has 0 aliphatic carbocycles. The molecule has 0 aliphatic rings. The Morgan fingerprint density at radius 1 is 0.912 bits per heavy atom. The van der Waals surface area contributed by atoms with Crippen LogP contribution in [0.25, 0.3) is 22.3 Å². The highest BCUT2D eigenvalue weighted by Crippen LogP contribution is 2.28. The number of hydrogen-bond donors (Lipinski definition) is 1. The molecular weight excluding hydrogens is 426 g/mol. The molecule has 168 valence electrons. The molecule has 0 aliphatic heterocycles. The number of fused-ring (bicyclic) bond motifs is 1. The summed E-state index contributed by atoms with van der Waals surface area (Å²) in [6.07, 6.45) is 0. The fourth-order valence-electron chi connectivity index (χ4n) is 3.93. The molecule has 0 saturated heterocycles. The fourth-order valence-corrected chi connectivity index (χ4v) is 3.93. The van der Waals surface area contributed by atoms with Gasteiger partial charge in [0.1, 0.15) is 11.5 Å². The van der Waals surface area contributed by atoms with Gasteiger partial charge < -0.3 is 9.84 Å². The van der Waals surface area contributed by atoms with Gasteiger partial charge in [0.15, 0.2) is 5.65 Å². The highest BCUT2D eigenvalue weighted by Gasteiger charge is 2.19. The van der Waals surface area contributed by atoms with E-state index in [-0.39, 0.29) is 5.56 Å². The maximum atomic E-state index is 12.1. The second kappa shape index (κ2) is 8.83. The molecular formula is C28H23N3O3. The number of carboxylic acids is 1. The van der Waals surface area contributed by atoms with Gasteiger partial charge in [0, 0.05) is 11.3 Å². The van der Waals surface area contributed by atoms with Gasteiger partial charge >= 0.3 is 5.97 Å². The van der Waals surface area contributed by atoms with Crippen molar-refractivity contribution in [2.45, 2.75) is 20.4 Å². The molecule has 3 aromatic carbocycles. The minimum Gasteiger partial charge on any atom is -0.478 e. The molecule has 6 heteroatoms. The van der Waals surface area contributed by atoms with E-state index in [0.717, 1.165) is 33.9 Å². The van der Waals surface area contributed by atoms with Crippen molar-refractivity contribution in [1.29, 1.82) is 0 Å². The number of ether oxygens (including phenoxy) is 1. The summed E-state index contributed by atoms with van der Waals surface area (Å²) >= 11 is 0. The molecule has 0 unspecified atom stereocenters. The minimum atomic E-state index is -0.995. The summed E-state index contributed by atoms with van der Waals surface area (Å²) in [5, 5.41) is 15.1. The highest BCUT2D eigenvalue weighted by atomic mass is 16.5. The van der Waals surface area contributed by atoms with Gasteiger partial charge in [0.05, 0.1) is 23.2 Å². The summed E-state index contributed by atoms with van der Waals surface area (Å²) in [4.78, 5) is 16.8. The Balaban J connectivity index is 1.47. The highest BCUT2D eigenvalue weighted by molar-refractivity contribution is 6.04. The quantitative estimate of drug-likeness (QED) is 0.331. The van der Waals surface area contributed by atoms with Gasteiger partial charge in [-0.15, -0.1) is 0 Å². The number of aryl methyl sites for hydroxylation is 2. The van der Waals surface area contributed by atoms with Gasteiger partial charge in [0.25, 0.3) is 0 Å². The van der Waals surface area contributed by atoms with Crippen molar-refractivity contribution >= 4 is 17.0 Å². The van der Waals surface area contributed by atoms with Crippen LogP contribution in [0.3, 0.4) is 0 Å². The van der Waals surface area contributed by atoms with Gasteiger partial charge in [-0.1, -0.05) is 60.2 Å². The maximum absolute atomic E-state index is 12.1. The number of benzene rings is 3. The van der Waals surface area contributed by atoms with Crippen LogP contribution >= 0.6 is 0 Å². The van der Waals surface area contributed by atoms with Crippen molar-refractivity contribution in [1.82, 2.24) is 14.8 Å². The Kier molecular flexibility index (Phi) is 5.55. The molecule has 0 radical (unpaired) electrons. The second-order valence-corrected chi connectivity index (χ2v) is 8.23. The van der Waals surface area contributed by atoms with Crippen LogP contribution in [0.5, 0.6) is 11.5 Å². The predicted molar refractivity (Wildman–Crippen MR) is 131 cm³/mol. The van der Waals surface area contributed by atoms with Gasteiger partial charge in [-0.3, -0.25) is 4.68 Å². The molecule has 0 fully saturated rings. The van der Waals surface area contributed by atoms with Crippen LogP contribution in [0, 0.1) is 13.8 Å². The molecule has 0 atom stereocenters. The van der Waals surface area contributed by atoms with E-state index in [4.69, 9.17) is 4.74 Å². The third kappa shape index (κ3) is 4.26. The lowest BCUT2D eigenvalue weighted by atomic mass is 10.0. The first-order chi connectivity index (χ1) is 16.5. The van der Waals surface area contributed by atoms with E-state index in [0.29, 0.717) is 23.3 Å². The number of aromatic carboxylic acids is 1. The lowest BCUT2D eigenvalue weighted by molar-refractivity contribution is 0.0699. The zero-order valence-electron chi connectivity index (χ0n) is 18.9. The summed E-state index contributed by atoms with van der Waals surface area (Å²) < 4.78 is 7.66. The summed E-state index contributed by atoms with van der Waals surface area (Å²) in [5.74, 6) is 0.529. The van der Waals surface area contributed by atoms with Crippen molar-refractivity contribution < 1.29 is 14.6 Å². The van der Waals surface area contributed by atoms with Crippen LogP contribution in [0.4, 0.5) is 0 Å². The van der Waals surface area contributed by atoms with E-state index in [1.807, 2.05) is 92.7 Å². The topological polar surface area (TPSA) is 77.2 Å². The Labute approximate surface area is 197 Å². The SMILES string of the molecule is Cc1ccc(-c2cc(C(=O)O)c3c(C)n(Cc4ccc(Oc5ccccc5)cc4)nc3n2)cc1. The zero-order chi connectivity index (χ0) is 23.7. The lowest BCUT2D eigenvalue weighted by Crippen LogP contribution is -2.04. The first-order valence-electron chi connectivity index (χ1n) is 11.0. The molecule has 0 spiro atoms. The number of carboxylic acid groups (broad SMARTS) is 1. The molecule has 2 heterocycles. The Morgan fingerprint density at radius 3 is 2.26 bits per heavy atom. The molecule has 2 aromatic heterocycles. The van der Waals surface area contributed by atoms with E-state index in [9.17, 15) is 9.90 Å². The van der Waals surface area contributed by atoms with Crippen LogP contribution in [-0.4, -0.2) is 25.8 Å². The fraction of sp³-hybridized carbons (Fsp3) is 0.107. The van der Waals surface area contributed by atoms with Crippen LogP contribution in [-0.2, 0) is 6.54 Å². The number of aromatic nitrogens is 3. The molecule has 5 aromatic rings. The van der Waals surface area contributed by atoms with Crippen LogP contribution < -0.4 is 4.74 Å². The van der Waals surface area contributed by atoms with Crippen molar-refractivity contribution in [3.8, 4) is 22.8 Å². The third-order valence-corrected chi connectivity index (χ3v) is 5.78. The number of nitrogens with zero attached hydrogens (tertiary/aromatic N) is 3. The number of carbonyl (C=O) groups is 1. The van der Waals surface area contributed by atoms with E-state index in [2.05, 4.69) is 10.1 Å². The maximum Gasteiger partial charge on any atom is 0.336 e. The predicted octanol–water partition coefficient (Wildman–Crippen LogP) is 6.25. The standard InChI is InChI=1S/C28H23N3O3/c1-18-8-12-21(13-9-18)25-16-24(28(32)33)26-19(2)31(30-27(26)29-25)17-20-10-14-23(15-11-20)34-22-6-4-3-5-7-22/h3-16H,17H2,1-2H3,(H,32,33). The summed E-state index contributed by atoms with van der Waals surface area (Å²) in [5.41, 5.74) is 5.00. The van der Waals surface area contributed by atoms with Crippen molar-refractivity contribution in [3.05, 3.63) is 107 Å². The van der Waals surface area contributed by atoms with Crippen molar-refractivity contribution in [2.75, 3.05) is 0 Å². The monoisotopic (exact) mass is 449 g/mol. The zero-order valence-corrected chi connectivity index (χ0v) is 18.9. The molecule has 0 saturated carbocycles. The minimum absolute atomic E-state index is 0.205. The Bertz CT molecular complexity index is 1470. The van der Waals surface area contributed by atoms with Crippen LogP contribution in [0.15, 0.2) is 84.9 Å². The first kappa shape index (κ1) is 21.4. The van der Waals surface area contributed by atoms with E-state index >= 15 is 0 Å². The number of hydrogen-bond acceptors (Lipinski definition) is 4. The summed E-state index contributed by atoms with van der Waals surface area (Å²) in [6, 6.07) is 26.9. The number of pyridine rings is 1. The summed E-state index contributed by atoms with van der Waals surface area (Å²) in [7, 11) is 0. The Hall–Kier alpha value is -4.45. The molecule has 0 bridgehead atoms. The lowest BCUT2D eigenvalue weighted by Gasteiger charge is -2.08. The number of para-hydroxylation sites is 1. The normalized spacial score (nSPS) is 11.0.